The first kappa shape index (κ1) is 25.9. The van der Waals surface area contributed by atoms with E-state index in [9.17, 15) is 18.0 Å². The van der Waals surface area contributed by atoms with Crippen molar-refractivity contribution in [3.05, 3.63) is 87.7 Å². The number of halogens is 3. The fraction of sp³-hybridized carbons (Fsp3) is 0.259. The van der Waals surface area contributed by atoms with Crippen LogP contribution in [0.3, 0.4) is 0 Å². The molecular formula is C27H25F3N2O2S2. The molecule has 2 aromatic carbocycles. The monoisotopic (exact) mass is 530 g/mol. The predicted molar refractivity (Wildman–Crippen MR) is 139 cm³/mol. The summed E-state index contributed by atoms with van der Waals surface area (Å²) in [6.45, 7) is 6.65. The third kappa shape index (κ3) is 6.33. The van der Waals surface area contributed by atoms with E-state index in [1.165, 1.54) is 28.3 Å². The number of hydrogen-bond donors (Lipinski definition) is 0. The third-order valence-corrected chi connectivity index (χ3v) is 7.43. The molecule has 0 fully saturated rings. The summed E-state index contributed by atoms with van der Waals surface area (Å²) >= 11 is 3.10. The second-order valence-electron chi connectivity index (χ2n) is 8.94. The van der Waals surface area contributed by atoms with Crippen molar-refractivity contribution in [1.82, 2.24) is 4.98 Å². The molecule has 4 nitrogen and oxygen atoms in total. The highest BCUT2D eigenvalue weighted by Gasteiger charge is 2.30. The number of thiazole rings is 1. The number of aromatic nitrogens is 1. The van der Waals surface area contributed by atoms with Gasteiger partial charge in [-0.05, 0) is 61.5 Å². The van der Waals surface area contributed by atoms with Crippen LogP contribution in [0.25, 0.3) is 10.6 Å². The van der Waals surface area contributed by atoms with E-state index in [0.717, 1.165) is 34.5 Å². The van der Waals surface area contributed by atoms with E-state index in [0.29, 0.717) is 29.4 Å². The molecule has 0 atom stereocenters. The van der Waals surface area contributed by atoms with Gasteiger partial charge in [0.1, 0.15) is 15.8 Å². The van der Waals surface area contributed by atoms with Crippen LogP contribution in [0.15, 0.2) is 66.2 Å². The lowest BCUT2D eigenvalue weighted by atomic mass is 10.1. The number of thiophene rings is 1. The van der Waals surface area contributed by atoms with Crippen molar-refractivity contribution in [2.75, 3.05) is 4.90 Å². The van der Waals surface area contributed by atoms with Gasteiger partial charge in [0.05, 0.1) is 18.3 Å². The van der Waals surface area contributed by atoms with Crippen LogP contribution in [0.4, 0.5) is 18.2 Å². The maximum absolute atomic E-state index is 12.9. The number of carbonyl (C=O) groups is 1. The summed E-state index contributed by atoms with van der Waals surface area (Å²) in [6.07, 6.45) is -1.82. The summed E-state index contributed by atoms with van der Waals surface area (Å²) in [5.74, 6) is 0.656. The molecule has 0 aliphatic carbocycles. The number of nitrogens with zero attached hydrogens (tertiary/aromatic N) is 2. The number of carbonyl (C=O) groups excluding carboxylic acids is 1. The van der Waals surface area contributed by atoms with E-state index in [-0.39, 0.29) is 0 Å². The molecule has 0 radical (unpaired) electrons. The first-order valence-corrected chi connectivity index (χ1v) is 12.9. The summed E-state index contributed by atoms with van der Waals surface area (Å²) in [6, 6.07) is 15.0. The van der Waals surface area contributed by atoms with Gasteiger partial charge in [-0.15, -0.1) is 11.3 Å². The maximum Gasteiger partial charge on any atom is 0.416 e. The van der Waals surface area contributed by atoms with Gasteiger partial charge in [-0.3, -0.25) is 4.79 Å². The van der Waals surface area contributed by atoms with Crippen molar-refractivity contribution < 1.29 is 22.7 Å². The second kappa shape index (κ2) is 10.4. The number of anilines is 1. The molecule has 0 bridgehead atoms. The van der Waals surface area contributed by atoms with Crippen LogP contribution in [-0.2, 0) is 24.1 Å². The first-order valence-electron chi connectivity index (χ1n) is 11.2. The fourth-order valence-corrected chi connectivity index (χ4v) is 5.24. The van der Waals surface area contributed by atoms with Crippen LogP contribution in [0.1, 0.15) is 35.4 Å². The molecule has 0 unspecified atom stereocenters. The molecule has 4 aromatic rings. The second-order valence-corrected chi connectivity index (χ2v) is 11.0. The number of aryl methyl sites for hydroxylation is 1. The average Bonchev–Trinajstić information content (AvgIpc) is 3.52. The van der Waals surface area contributed by atoms with Gasteiger partial charge in [-0.25, -0.2) is 4.98 Å². The van der Waals surface area contributed by atoms with Crippen molar-refractivity contribution >= 4 is 34.0 Å². The quantitative estimate of drug-likeness (QED) is 0.207. The molecule has 0 amide bonds. The minimum absolute atomic E-state index is 0.602. The van der Waals surface area contributed by atoms with Crippen LogP contribution in [0, 0.1) is 6.92 Å². The topological polar surface area (TPSA) is 42.4 Å². The Morgan fingerprint density at radius 1 is 1.06 bits per heavy atom. The molecular weight excluding hydrogens is 505 g/mol. The molecule has 0 N–H and O–H groups in total. The zero-order valence-electron chi connectivity index (χ0n) is 20.0. The lowest BCUT2D eigenvalue weighted by molar-refractivity contribution is -0.137. The van der Waals surface area contributed by atoms with Crippen molar-refractivity contribution in [3.8, 4) is 16.3 Å². The molecule has 2 aromatic heterocycles. The van der Waals surface area contributed by atoms with E-state index in [1.54, 1.807) is 31.4 Å². The molecule has 4 rings (SSSR count). The lowest BCUT2D eigenvalue weighted by Gasteiger charge is -2.24. The summed E-state index contributed by atoms with van der Waals surface area (Å²) in [5.41, 5.74) is 1.04. The number of rotatable bonds is 9. The molecule has 9 heteroatoms. The van der Waals surface area contributed by atoms with Crippen LogP contribution < -0.4 is 9.64 Å². The van der Waals surface area contributed by atoms with Gasteiger partial charge in [-0.2, -0.15) is 13.2 Å². The Labute approximate surface area is 216 Å². The van der Waals surface area contributed by atoms with Gasteiger partial charge in [0.2, 0.25) is 0 Å². The fourth-order valence-electron chi connectivity index (χ4n) is 3.60. The van der Waals surface area contributed by atoms with Crippen LogP contribution in [0.2, 0.25) is 0 Å². The Hall–Kier alpha value is -3.17. The zero-order valence-corrected chi connectivity index (χ0v) is 21.6. The van der Waals surface area contributed by atoms with E-state index in [4.69, 9.17) is 4.74 Å². The van der Waals surface area contributed by atoms with E-state index in [2.05, 4.69) is 16.0 Å². The highest BCUT2D eigenvalue weighted by atomic mass is 32.1. The Morgan fingerprint density at radius 2 is 1.81 bits per heavy atom. The Kier molecular flexibility index (Phi) is 7.51. The molecule has 188 valence electrons. The normalized spacial score (nSPS) is 11.9. The molecule has 0 saturated heterocycles. The molecule has 0 spiro atoms. The SMILES string of the molecule is Cc1cc(CN(Cc2cccs2)c2cnc(-c3ccc(C(F)(F)F)cc3)s2)ccc1OC(C)(C)C=O. The van der Waals surface area contributed by atoms with Gasteiger partial charge in [0, 0.05) is 17.0 Å². The van der Waals surface area contributed by atoms with Crippen LogP contribution >= 0.6 is 22.7 Å². The van der Waals surface area contributed by atoms with Crippen LogP contribution in [-0.4, -0.2) is 16.9 Å². The van der Waals surface area contributed by atoms with Gasteiger partial charge in [0.15, 0.2) is 11.9 Å². The smallest absolute Gasteiger partial charge is 0.416 e. The lowest BCUT2D eigenvalue weighted by Crippen LogP contribution is -2.30. The van der Waals surface area contributed by atoms with E-state index < -0.39 is 17.3 Å². The van der Waals surface area contributed by atoms with Crippen LogP contribution in [0.5, 0.6) is 5.75 Å². The summed E-state index contributed by atoms with van der Waals surface area (Å²) in [4.78, 5) is 19.1. The maximum atomic E-state index is 12.9. The molecule has 0 saturated carbocycles. The largest absolute Gasteiger partial charge is 0.480 e. The van der Waals surface area contributed by atoms with Crippen molar-refractivity contribution in [2.45, 2.75) is 45.6 Å². The van der Waals surface area contributed by atoms with Gasteiger partial charge in [-0.1, -0.05) is 41.7 Å². The van der Waals surface area contributed by atoms with Gasteiger partial charge in [0.25, 0.3) is 0 Å². The number of benzene rings is 2. The molecule has 2 heterocycles. The summed E-state index contributed by atoms with van der Waals surface area (Å²) in [5, 5.41) is 3.60. The highest BCUT2D eigenvalue weighted by molar-refractivity contribution is 7.19. The van der Waals surface area contributed by atoms with Crippen molar-refractivity contribution in [3.63, 3.8) is 0 Å². The van der Waals surface area contributed by atoms with Gasteiger partial charge < -0.3 is 9.64 Å². The number of aldehydes is 1. The number of ether oxygens (including phenoxy) is 1. The average molecular weight is 531 g/mol. The Morgan fingerprint density at radius 3 is 2.42 bits per heavy atom. The predicted octanol–water partition coefficient (Wildman–Crippen LogP) is 7.76. The number of alkyl halides is 3. The summed E-state index contributed by atoms with van der Waals surface area (Å²) < 4.78 is 44.6. The minimum Gasteiger partial charge on any atom is -0.480 e. The van der Waals surface area contributed by atoms with Crippen molar-refractivity contribution in [1.29, 1.82) is 0 Å². The van der Waals surface area contributed by atoms with E-state index >= 15 is 0 Å². The Bertz CT molecular complexity index is 1310. The van der Waals surface area contributed by atoms with Crippen molar-refractivity contribution in [2.24, 2.45) is 0 Å². The van der Waals surface area contributed by atoms with E-state index in [1.807, 2.05) is 36.6 Å². The molecule has 36 heavy (non-hydrogen) atoms. The standard InChI is InChI=1S/C27H25F3N2O2S2/c1-18-13-19(6-11-23(18)34-26(2,3)17-33)15-32(16-22-5-4-12-35-22)24-14-31-25(36-24)20-7-9-21(10-8-20)27(28,29)30/h4-14,17H,15-16H2,1-3H3. The number of hydrogen-bond acceptors (Lipinski definition) is 6. The Balaban J connectivity index is 1.58. The third-order valence-electron chi connectivity index (χ3n) is 5.46. The minimum atomic E-state index is -4.37. The first-order chi connectivity index (χ1) is 17.0. The summed E-state index contributed by atoms with van der Waals surface area (Å²) in [7, 11) is 0. The molecule has 0 aliphatic heterocycles. The zero-order chi connectivity index (χ0) is 25.9. The molecule has 0 aliphatic rings. The highest BCUT2D eigenvalue weighted by Crippen LogP contribution is 2.36. The van der Waals surface area contributed by atoms with Gasteiger partial charge >= 0.3 is 6.18 Å².